The molecule has 2 amide bonds. The zero-order chi connectivity index (χ0) is 19.0. The van der Waals surface area contributed by atoms with Crippen LogP contribution in [0.4, 0.5) is 0 Å². The van der Waals surface area contributed by atoms with E-state index >= 15 is 0 Å². The molecular weight excluding hydrogens is 344 g/mol. The minimum atomic E-state index is -0.0928. The van der Waals surface area contributed by atoms with Gasteiger partial charge >= 0.3 is 0 Å². The van der Waals surface area contributed by atoms with E-state index < -0.39 is 0 Å². The van der Waals surface area contributed by atoms with Gasteiger partial charge in [0.05, 0.1) is 31.6 Å². The molecule has 4 atom stereocenters. The number of hydrogen-bond donors (Lipinski definition) is 2. The summed E-state index contributed by atoms with van der Waals surface area (Å²) in [5.41, 5.74) is 0.141. The Morgan fingerprint density at radius 2 is 1.89 bits per heavy atom. The number of nitrogens with one attached hydrogen (secondary N) is 2. The molecule has 0 aromatic heterocycles. The number of ether oxygens (including phenoxy) is 1. The van der Waals surface area contributed by atoms with Gasteiger partial charge in [-0.3, -0.25) is 19.5 Å². The highest BCUT2D eigenvalue weighted by Crippen LogP contribution is 2.52. The molecule has 2 aliphatic heterocycles. The Kier molecular flexibility index (Phi) is 4.97. The Morgan fingerprint density at radius 3 is 2.44 bits per heavy atom. The van der Waals surface area contributed by atoms with E-state index in [2.05, 4.69) is 34.7 Å². The maximum absolute atomic E-state index is 12.7. The topological polar surface area (TPSA) is 83.0 Å². The number of imide groups is 1. The van der Waals surface area contributed by atoms with Crippen molar-refractivity contribution < 1.29 is 14.3 Å². The van der Waals surface area contributed by atoms with Crippen LogP contribution in [0.15, 0.2) is 17.1 Å². The lowest BCUT2D eigenvalue weighted by Gasteiger charge is -2.36. The fourth-order valence-electron chi connectivity index (χ4n) is 4.78. The van der Waals surface area contributed by atoms with Crippen molar-refractivity contribution >= 4 is 17.8 Å². The first kappa shape index (κ1) is 18.5. The van der Waals surface area contributed by atoms with Crippen LogP contribution in [0.2, 0.25) is 0 Å². The predicted molar refractivity (Wildman–Crippen MR) is 102 cm³/mol. The number of aliphatic imine (C=N–C) groups is 1. The number of amides is 2. The molecule has 4 rings (SSSR count). The van der Waals surface area contributed by atoms with Crippen molar-refractivity contribution in [1.82, 2.24) is 15.5 Å². The second-order valence-corrected chi connectivity index (χ2v) is 8.61. The summed E-state index contributed by atoms with van der Waals surface area (Å²) in [6.45, 7) is 8.41. The fourth-order valence-corrected chi connectivity index (χ4v) is 4.78. The molecule has 2 aliphatic carbocycles. The summed E-state index contributed by atoms with van der Waals surface area (Å²) in [7, 11) is 0. The number of guanidine groups is 1. The van der Waals surface area contributed by atoms with E-state index in [1.165, 1.54) is 4.90 Å². The van der Waals surface area contributed by atoms with Crippen molar-refractivity contribution in [3.05, 3.63) is 12.2 Å². The average Bonchev–Trinajstić information content (AvgIpc) is 3.30. The van der Waals surface area contributed by atoms with E-state index in [1.807, 2.05) is 6.92 Å². The normalized spacial score (nSPS) is 33.4. The summed E-state index contributed by atoms with van der Waals surface area (Å²) < 4.78 is 5.27. The van der Waals surface area contributed by atoms with Crippen molar-refractivity contribution in [2.24, 2.45) is 34.1 Å². The van der Waals surface area contributed by atoms with E-state index in [-0.39, 0.29) is 40.9 Å². The Balaban J connectivity index is 1.25. The summed E-state index contributed by atoms with van der Waals surface area (Å²) in [5, 5.41) is 6.56. The molecule has 7 nitrogen and oxygen atoms in total. The van der Waals surface area contributed by atoms with Crippen LogP contribution in [0.25, 0.3) is 0 Å². The minimum Gasteiger partial charge on any atom is -0.380 e. The van der Waals surface area contributed by atoms with Gasteiger partial charge in [0.25, 0.3) is 0 Å². The van der Waals surface area contributed by atoms with Gasteiger partial charge in [0, 0.05) is 25.0 Å². The van der Waals surface area contributed by atoms with Gasteiger partial charge in [-0.05, 0) is 31.6 Å². The van der Waals surface area contributed by atoms with Gasteiger partial charge in [0.1, 0.15) is 0 Å². The van der Waals surface area contributed by atoms with Crippen LogP contribution in [0.1, 0.15) is 26.7 Å². The van der Waals surface area contributed by atoms with Crippen molar-refractivity contribution in [3.63, 3.8) is 0 Å². The number of nitrogens with zero attached hydrogens (tertiary/aromatic N) is 2. The molecule has 0 spiro atoms. The maximum atomic E-state index is 12.7. The van der Waals surface area contributed by atoms with Crippen LogP contribution < -0.4 is 10.6 Å². The van der Waals surface area contributed by atoms with Gasteiger partial charge in [-0.2, -0.15) is 0 Å². The second kappa shape index (κ2) is 7.26. The molecule has 3 fully saturated rings. The van der Waals surface area contributed by atoms with Crippen LogP contribution >= 0.6 is 0 Å². The Morgan fingerprint density at radius 1 is 1.22 bits per heavy atom. The summed E-state index contributed by atoms with van der Waals surface area (Å²) in [6.07, 6.45) is 5.98. The number of likely N-dealkylation sites (tertiary alicyclic amines) is 1. The third-order valence-electron chi connectivity index (χ3n) is 6.28. The SMILES string of the molecule is CCNC(=NCC1(C)COC1)NCCCN1C(=O)C2C3C=CC(C3)C2C1=O. The molecular formula is C20H30N4O3. The van der Waals surface area contributed by atoms with E-state index in [0.29, 0.717) is 13.1 Å². The van der Waals surface area contributed by atoms with Gasteiger partial charge in [-0.15, -0.1) is 0 Å². The summed E-state index contributed by atoms with van der Waals surface area (Å²) in [5.74, 6) is 1.24. The molecule has 7 heteroatoms. The van der Waals surface area contributed by atoms with Crippen LogP contribution in [0, 0.1) is 29.1 Å². The zero-order valence-corrected chi connectivity index (χ0v) is 16.2. The van der Waals surface area contributed by atoms with Crippen molar-refractivity contribution in [3.8, 4) is 0 Å². The predicted octanol–water partition coefficient (Wildman–Crippen LogP) is 0.775. The molecule has 2 bridgehead atoms. The highest BCUT2D eigenvalue weighted by atomic mass is 16.5. The van der Waals surface area contributed by atoms with Gasteiger partial charge in [-0.1, -0.05) is 19.1 Å². The number of fused-ring (bicyclic) bond motifs is 5. The zero-order valence-electron chi connectivity index (χ0n) is 16.2. The van der Waals surface area contributed by atoms with Crippen LogP contribution in [-0.4, -0.2) is 62.1 Å². The highest BCUT2D eigenvalue weighted by Gasteiger charge is 2.58. The van der Waals surface area contributed by atoms with E-state index in [4.69, 9.17) is 4.74 Å². The van der Waals surface area contributed by atoms with E-state index in [9.17, 15) is 9.59 Å². The standard InChI is InChI=1S/C20H30N4O3/c1-3-21-19(23-10-20(2)11-27-12-20)22-7-4-8-24-17(25)15-13-5-6-14(9-13)16(15)18(24)26/h5-6,13-16H,3-4,7-12H2,1-2H3,(H2,21,22,23). The number of rotatable bonds is 7. The lowest BCUT2D eigenvalue weighted by atomic mass is 9.85. The first-order chi connectivity index (χ1) is 13.0. The fraction of sp³-hybridized carbons (Fsp3) is 0.750. The molecule has 0 aromatic carbocycles. The Bertz CT molecular complexity index is 640. The molecule has 4 aliphatic rings. The maximum Gasteiger partial charge on any atom is 0.233 e. The molecule has 2 N–H and O–H groups in total. The van der Waals surface area contributed by atoms with Crippen molar-refractivity contribution in [2.75, 3.05) is 39.4 Å². The molecule has 2 saturated heterocycles. The van der Waals surface area contributed by atoms with Crippen LogP contribution in [0.3, 0.4) is 0 Å². The molecule has 148 valence electrons. The lowest BCUT2D eigenvalue weighted by Crippen LogP contribution is -2.44. The molecule has 0 aromatic rings. The lowest BCUT2D eigenvalue weighted by molar-refractivity contribution is -0.140. The Hall–Kier alpha value is -1.89. The van der Waals surface area contributed by atoms with Crippen molar-refractivity contribution in [1.29, 1.82) is 0 Å². The largest absolute Gasteiger partial charge is 0.380 e. The van der Waals surface area contributed by atoms with Gasteiger partial charge in [0.15, 0.2) is 5.96 Å². The number of allylic oxidation sites excluding steroid dienone is 2. The smallest absolute Gasteiger partial charge is 0.233 e. The first-order valence-corrected chi connectivity index (χ1v) is 10.2. The molecule has 27 heavy (non-hydrogen) atoms. The van der Waals surface area contributed by atoms with Crippen molar-refractivity contribution in [2.45, 2.75) is 26.7 Å². The highest BCUT2D eigenvalue weighted by molar-refractivity contribution is 6.06. The first-order valence-electron chi connectivity index (χ1n) is 10.2. The number of hydrogen-bond acceptors (Lipinski definition) is 4. The van der Waals surface area contributed by atoms with E-state index in [0.717, 1.165) is 45.1 Å². The second-order valence-electron chi connectivity index (χ2n) is 8.61. The summed E-state index contributed by atoms with van der Waals surface area (Å²) >= 11 is 0. The molecule has 2 heterocycles. The van der Waals surface area contributed by atoms with E-state index in [1.54, 1.807) is 0 Å². The number of carbonyl (C=O) groups excluding carboxylic acids is 2. The average molecular weight is 374 g/mol. The number of carbonyl (C=O) groups is 2. The monoisotopic (exact) mass is 374 g/mol. The minimum absolute atomic E-state index is 0.0420. The quantitative estimate of drug-likeness (QED) is 0.226. The molecule has 4 unspecified atom stereocenters. The molecule has 1 saturated carbocycles. The summed E-state index contributed by atoms with van der Waals surface area (Å²) in [4.78, 5) is 31.5. The molecule has 0 radical (unpaired) electrons. The third-order valence-corrected chi connectivity index (χ3v) is 6.28. The Labute approximate surface area is 160 Å². The third kappa shape index (κ3) is 3.37. The van der Waals surface area contributed by atoms with Gasteiger partial charge in [0.2, 0.25) is 11.8 Å². The van der Waals surface area contributed by atoms with Gasteiger partial charge < -0.3 is 15.4 Å². The van der Waals surface area contributed by atoms with Crippen LogP contribution in [0.5, 0.6) is 0 Å². The summed E-state index contributed by atoms with van der Waals surface area (Å²) in [6, 6.07) is 0. The van der Waals surface area contributed by atoms with Gasteiger partial charge in [-0.25, -0.2) is 0 Å². The van der Waals surface area contributed by atoms with Crippen LogP contribution in [-0.2, 0) is 14.3 Å².